The van der Waals surface area contributed by atoms with Crippen molar-refractivity contribution < 1.29 is 4.39 Å². The van der Waals surface area contributed by atoms with Crippen molar-refractivity contribution >= 4 is 11.8 Å². The van der Waals surface area contributed by atoms with Gasteiger partial charge in [0.1, 0.15) is 5.82 Å². The Morgan fingerprint density at radius 1 is 1.17 bits per heavy atom. The Morgan fingerprint density at radius 2 is 1.67 bits per heavy atom. The Morgan fingerprint density at radius 3 is 2.08 bits per heavy atom. The van der Waals surface area contributed by atoms with Crippen LogP contribution in [0.5, 0.6) is 0 Å². The van der Waals surface area contributed by atoms with E-state index >= 15 is 0 Å². The summed E-state index contributed by atoms with van der Waals surface area (Å²) in [7, 11) is 0. The van der Waals surface area contributed by atoms with Crippen molar-refractivity contribution in [3.63, 3.8) is 0 Å². The van der Waals surface area contributed by atoms with Crippen LogP contribution in [0.3, 0.4) is 0 Å². The Hall–Kier alpha value is -0.500. The number of halogens is 1. The minimum atomic E-state index is -0.162. The van der Waals surface area contributed by atoms with Crippen molar-refractivity contribution in [2.24, 2.45) is 0 Å². The zero-order valence-electron chi connectivity index (χ0n) is 7.80. The van der Waals surface area contributed by atoms with Crippen molar-refractivity contribution in [2.75, 3.05) is 6.26 Å². The molecule has 1 rings (SSSR count). The summed E-state index contributed by atoms with van der Waals surface area (Å²) in [6.07, 6.45) is 2.03. The van der Waals surface area contributed by atoms with Gasteiger partial charge in [0.25, 0.3) is 0 Å². The van der Waals surface area contributed by atoms with Gasteiger partial charge >= 0.3 is 0 Å². The molecular weight excluding hydrogens is 171 g/mol. The molecule has 0 heterocycles. The summed E-state index contributed by atoms with van der Waals surface area (Å²) in [4.78, 5) is 0. The second-order valence-corrected chi connectivity index (χ2v) is 2.93. The molecular formula is C10H15FS. The first-order valence-corrected chi connectivity index (χ1v) is 5.45. The van der Waals surface area contributed by atoms with E-state index in [4.69, 9.17) is 0 Å². The molecule has 0 N–H and O–H groups in total. The Bertz CT molecular complexity index is 193. The fourth-order valence-electron chi connectivity index (χ4n) is 0.747. The van der Waals surface area contributed by atoms with Crippen molar-refractivity contribution in [2.45, 2.75) is 19.6 Å². The molecule has 0 saturated carbocycles. The summed E-state index contributed by atoms with van der Waals surface area (Å²) in [6.45, 7) is 4.00. The van der Waals surface area contributed by atoms with Gasteiger partial charge in [-0.15, -0.1) is 0 Å². The van der Waals surface area contributed by atoms with Gasteiger partial charge in [-0.1, -0.05) is 26.0 Å². The van der Waals surface area contributed by atoms with Crippen LogP contribution in [0.1, 0.15) is 19.4 Å². The fourth-order valence-corrected chi connectivity index (χ4v) is 1.27. The number of thioether (sulfide) groups is 1. The molecule has 0 aliphatic heterocycles. The largest absolute Gasteiger partial charge is 0.207 e. The van der Waals surface area contributed by atoms with E-state index < -0.39 is 0 Å². The molecule has 2 heteroatoms. The summed E-state index contributed by atoms with van der Waals surface area (Å²) in [5.41, 5.74) is 1.17. The van der Waals surface area contributed by atoms with E-state index in [1.165, 1.54) is 17.7 Å². The SMILES string of the molecule is CC.CSCc1ccc(F)cc1. The predicted molar refractivity (Wildman–Crippen MR) is 55.0 cm³/mol. The molecule has 12 heavy (non-hydrogen) atoms. The van der Waals surface area contributed by atoms with Gasteiger partial charge in [-0.2, -0.15) is 11.8 Å². The second-order valence-electron chi connectivity index (χ2n) is 2.06. The van der Waals surface area contributed by atoms with Crippen LogP contribution >= 0.6 is 11.8 Å². The van der Waals surface area contributed by atoms with E-state index in [9.17, 15) is 4.39 Å². The maximum absolute atomic E-state index is 12.3. The first-order valence-electron chi connectivity index (χ1n) is 4.06. The standard InChI is InChI=1S/C8H9FS.C2H6/c1-10-6-7-2-4-8(9)5-3-7;1-2/h2-5H,6H2,1H3;1-2H3. The number of benzene rings is 1. The maximum atomic E-state index is 12.3. The monoisotopic (exact) mass is 186 g/mol. The van der Waals surface area contributed by atoms with E-state index in [1.807, 2.05) is 32.2 Å². The van der Waals surface area contributed by atoms with Crippen molar-refractivity contribution in [3.8, 4) is 0 Å². The third-order valence-corrected chi connectivity index (χ3v) is 1.85. The van der Waals surface area contributed by atoms with Gasteiger partial charge in [0, 0.05) is 5.75 Å². The van der Waals surface area contributed by atoms with E-state index in [1.54, 1.807) is 11.8 Å². The molecule has 1 aromatic rings. The lowest BCUT2D eigenvalue weighted by atomic mass is 10.2. The molecule has 0 spiro atoms. The quantitative estimate of drug-likeness (QED) is 0.678. The molecule has 0 saturated heterocycles. The minimum Gasteiger partial charge on any atom is -0.207 e. The van der Waals surface area contributed by atoms with Crippen LogP contribution in [0.4, 0.5) is 4.39 Å². The van der Waals surface area contributed by atoms with Crippen LogP contribution in [0, 0.1) is 5.82 Å². The predicted octanol–water partition coefficient (Wildman–Crippen LogP) is 3.71. The summed E-state index contributed by atoms with van der Waals surface area (Å²) in [5.74, 6) is 0.796. The molecule has 0 nitrogen and oxygen atoms in total. The molecule has 0 bridgehead atoms. The minimum absolute atomic E-state index is 0.162. The van der Waals surface area contributed by atoms with Crippen LogP contribution in [0.25, 0.3) is 0 Å². The molecule has 0 aromatic heterocycles. The molecule has 0 fully saturated rings. The Kier molecular flexibility index (Phi) is 6.87. The number of hydrogen-bond acceptors (Lipinski definition) is 1. The van der Waals surface area contributed by atoms with Gasteiger partial charge < -0.3 is 0 Å². The molecule has 0 aliphatic rings. The molecule has 1 aromatic carbocycles. The van der Waals surface area contributed by atoms with Gasteiger partial charge in [-0.05, 0) is 24.0 Å². The fraction of sp³-hybridized carbons (Fsp3) is 0.400. The maximum Gasteiger partial charge on any atom is 0.123 e. The first kappa shape index (κ1) is 11.5. The van der Waals surface area contributed by atoms with Crippen molar-refractivity contribution in [1.29, 1.82) is 0 Å². The summed E-state index contributed by atoms with van der Waals surface area (Å²) < 4.78 is 12.3. The highest BCUT2D eigenvalue weighted by atomic mass is 32.2. The van der Waals surface area contributed by atoms with Crippen LogP contribution in [0.2, 0.25) is 0 Å². The number of hydrogen-bond donors (Lipinski definition) is 0. The van der Waals surface area contributed by atoms with E-state index in [0.29, 0.717) is 0 Å². The molecule has 0 amide bonds. The van der Waals surface area contributed by atoms with Gasteiger partial charge in [-0.25, -0.2) is 4.39 Å². The van der Waals surface area contributed by atoms with Gasteiger partial charge in [-0.3, -0.25) is 0 Å². The molecule has 68 valence electrons. The third kappa shape index (κ3) is 4.39. The lowest BCUT2D eigenvalue weighted by Crippen LogP contribution is -1.79. The normalized spacial score (nSPS) is 8.67. The Labute approximate surface area is 78.2 Å². The summed E-state index contributed by atoms with van der Waals surface area (Å²) in [6, 6.07) is 6.61. The van der Waals surface area contributed by atoms with Crippen molar-refractivity contribution in [1.82, 2.24) is 0 Å². The van der Waals surface area contributed by atoms with Crippen LogP contribution in [0.15, 0.2) is 24.3 Å². The van der Waals surface area contributed by atoms with Gasteiger partial charge in [0.15, 0.2) is 0 Å². The van der Waals surface area contributed by atoms with Crippen molar-refractivity contribution in [3.05, 3.63) is 35.6 Å². The summed E-state index contributed by atoms with van der Waals surface area (Å²) in [5, 5.41) is 0. The zero-order valence-corrected chi connectivity index (χ0v) is 8.62. The van der Waals surface area contributed by atoms with Crippen LogP contribution in [-0.4, -0.2) is 6.26 Å². The third-order valence-electron chi connectivity index (χ3n) is 1.22. The average molecular weight is 186 g/mol. The highest BCUT2D eigenvalue weighted by Crippen LogP contribution is 2.09. The lowest BCUT2D eigenvalue weighted by molar-refractivity contribution is 0.627. The van der Waals surface area contributed by atoms with Gasteiger partial charge in [0.2, 0.25) is 0 Å². The first-order chi connectivity index (χ1) is 5.83. The molecule has 0 aliphatic carbocycles. The molecule has 0 radical (unpaired) electrons. The smallest absolute Gasteiger partial charge is 0.123 e. The van der Waals surface area contributed by atoms with E-state index in [-0.39, 0.29) is 5.82 Å². The second kappa shape index (κ2) is 7.17. The van der Waals surface area contributed by atoms with E-state index in [2.05, 4.69) is 0 Å². The highest BCUT2D eigenvalue weighted by Gasteiger charge is 1.90. The topological polar surface area (TPSA) is 0 Å². The molecule has 0 unspecified atom stereocenters. The summed E-state index contributed by atoms with van der Waals surface area (Å²) >= 11 is 1.74. The molecule has 0 atom stereocenters. The van der Waals surface area contributed by atoms with Gasteiger partial charge in [0.05, 0.1) is 0 Å². The Balaban J connectivity index is 0.000000561. The highest BCUT2D eigenvalue weighted by molar-refractivity contribution is 7.97. The van der Waals surface area contributed by atoms with Crippen LogP contribution < -0.4 is 0 Å². The van der Waals surface area contributed by atoms with E-state index in [0.717, 1.165) is 5.75 Å². The lowest BCUT2D eigenvalue weighted by Gasteiger charge is -1.95. The zero-order chi connectivity index (χ0) is 9.40. The number of rotatable bonds is 2. The average Bonchev–Trinajstić information content (AvgIpc) is 2.13. The van der Waals surface area contributed by atoms with Crippen LogP contribution in [-0.2, 0) is 5.75 Å².